The Labute approximate surface area is 207 Å². The number of fused-ring (bicyclic) bond motifs is 1. The van der Waals surface area contributed by atoms with Gasteiger partial charge in [-0.25, -0.2) is 4.98 Å². The van der Waals surface area contributed by atoms with Crippen molar-refractivity contribution in [2.75, 3.05) is 25.1 Å². The van der Waals surface area contributed by atoms with Gasteiger partial charge in [0.25, 0.3) is 0 Å². The van der Waals surface area contributed by atoms with Crippen molar-refractivity contribution in [3.8, 4) is 28.0 Å². The summed E-state index contributed by atoms with van der Waals surface area (Å²) in [5.74, 6) is 1.52. The quantitative estimate of drug-likeness (QED) is 0.320. The number of hydrogen-bond acceptors (Lipinski definition) is 5. The van der Waals surface area contributed by atoms with E-state index in [2.05, 4.69) is 23.7 Å². The van der Waals surface area contributed by atoms with Crippen molar-refractivity contribution in [2.45, 2.75) is 32.2 Å². The normalized spacial score (nSPS) is 18.4. The highest BCUT2D eigenvalue weighted by atomic mass is 19.4. The van der Waals surface area contributed by atoms with Crippen LogP contribution in [0.3, 0.4) is 0 Å². The summed E-state index contributed by atoms with van der Waals surface area (Å²) in [6, 6.07) is 14.7. The van der Waals surface area contributed by atoms with Gasteiger partial charge in [0.05, 0.1) is 30.4 Å². The predicted molar refractivity (Wildman–Crippen MR) is 134 cm³/mol. The number of benzene rings is 2. The Morgan fingerprint density at radius 3 is 2.17 bits per heavy atom. The fraction of sp³-hybridized carbons (Fsp3) is 0.286. The molecule has 4 aromatic rings. The van der Waals surface area contributed by atoms with Gasteiger partial charge >= 0.3 is 6.18 Å². The first kappa shape index (κ1) is 24.1. The van der Waals surface area contributed by atoms with Gasteiger partial charge in [0.1, 0.15) is 11.6 Å². The van der Waals surface area contributed by atoms with Crippen molar-refractivity contribution in [1.82, 2.24) is 9.97 Å². The number of methoxy groups -OCH3 is 1. The molecule has 1 fully saturated rings. The van der Waals surface area contributed by atoms with Gasteiger partial charge in [-0.15, -0.1) is 0 Å². The van der Waals surface area contributed by atoms with Gasteiger partial charge in [-0.05, 0) is 49.7 Å². The van der Waals surface area contributed by atoms with Gasteiger partial charge in [-0.3, -0.25) is 4.98 Å². The van der Waals surface area contributed by atoms with Gasteiger partial charge < -0.3 is 14.4 Å². The molecule has 0 unspecified atom stereocenters. The number of hydrogen-bond donors (Lipinski definition) is 0. The van der Waals surface area contributed by atoms with E-state index in [4.69, 9.17) is 14.5 Å². The molecule has 1 aliphatic heterocycles. The zero-order valence-electron chi connectivity index (χ0n) is 20.2. The molecule has 0 N–H and O–H groups in total. The highest BCUT2D eigenvalue weighted by Gasteiger charge is 2.30. The SMILES string of the molecule is COc1c(-c2ccc(N3C[C@@H](C)O[C@@H](C)C3)nc2)cnc2c(-c3ccc(C(F)(F)F)cc3)cccc12. The Hall–Kier alpha value is -3.65. The summed E-state index contributed by atoms with van der Waals surface area (Å²) >= 11 is 0. The van der Waals surface area contributed by atoms with Crippen LogP contribution < -0.4 is 9.64 Å². The van der Waals surface area contributed by atoms with Crippen molar-refractivity contribution < 1.29 is 22.6 Å². The molecule has 0 spiro atoms. The average molecular weight is 494 g/mol. The van der Waals surface area contributed by atoms with Crippen LogP contribution in [0.15, 0.2) is 67.0 Å². The second kappa shape index (κ2) is 9.43. The van der Waals surface area contributed by atoms with Crippen LogP contribution in [0.1, 0.15) is 19.4 Å². The molecule has 2 atom stereocenters. The number of morpholine rings is 1. The lowest BCUT2D eigenvalue weighted by atomic mass is 9.98. The molecule has 0 amide bonds. The lowest BCUT2D eigenvalue weighted by Crippen LogP contribution is -2.45. The first-order valence-electron chi connectivity index (χ1n) is 11.7. The number of rotatable bonds is 4. The first-order chi connectivity index (χ1) is 17.2. The number of para-hydroxylation sites is 1. The van der Waals surface area contributed by atoms with Crippen molar-refractivity contribution in [3.05, 3.63) is 72.6 Å². The third-order valence-corrected chi connectivity index (χ3v) is 6.38. The van der Waals surface area contributed by atoms with Crippen LogP contribution in [0.5, 0.6) is 5.75 Å². The summed E-state index contributed by atoms with van der Waals surface area (Å²) in [7, 11) is 1.60. The van der Waals surface area contributed by atoms with E-state index in [1.54, 1.807) is 13.3 Å². The molecule has 3 heterocycles. The second-order valence-corrected chi connectivity index (χ2v) is 9.05. The summed E-state index contributed by atoms with van der Waals surface area (Å²) in [4.78, 5) is 11.6. The van der Waals surface area contributed by atoms with Gasteiger partial charge in [0.15, 0.2) is 0 Å². The van der Waals surface area contributed by atoms with Crippen LogP contribution in [0.2, 0.25) is 0 Å². The minimum absolute atomic E-state index is 0.138. The van der Waals surface area contributed by atoms with E-state index >= 15 is 0 Å². The maximum absolute atomic E-state index is 13.0. The molecule has 5 nitrogen and oxygen atoms in total. The van der Waals surface area contributed by atoms with E-state index < -0.39 is 11.7 Å². The molecule has 36 heavy (non-hydrogen) atoms. The first-order valence-corrected chi connectivity index (χ1v) is 11.7. The standard InChI is InChI=1S/C28H26F3N3O2/c1-17-15-34(16-18(2)36-17)25-12-9-20(13-32-25)24-14-33-26-22(5-4-6-23(26)27(24)35-3)19-7-10-21(11-8-19)28(29,30)31/h4-14,17-18H,15-16H2,1-3H3/t17-,18+. The molecule has 2 aromatic heterocycles. The van der Waals surface area contributed by atoms with Crippen LogP contribution in [0, 0.1) is 0 Å². The molecule has 5 rings (SSSR count). The monoisotopic (exact) mass is 493 g/mol. The molecular formula is C28H26F3N3O2. The molecule has 0 radical (unpaired) electrons. The van der Waals surface area contributed by atoms with Gasteiger partial charge in [-0.2, -0.15) is 13.2 Å². The molecule has 0 aliphatic carbocycles. The molecule has 1 aliphatic rings. The number of anilines is 1. The number of aromatic nitrogens is 2. The Morgan fingerprint density at radius 2 is 1.56 bits per heavy atom. The van der Waals surface area contributed by atoms with E-state index in [1.807, 2.05) is 36.5 Å². The van der Waals surface area contributed by atoms with Crippen LogP contribution in [-0.2, 0) is 10.9 Å². The fourth-order valence-corrected chi connectivity index (χ4v) is 4.79. The predicted octanol–water partition coefficient (Wildman–Crippen LogP) is 6.60. The third kappa shape index (κ3) is 4.60. The van der Waals surface area contributed by atoms with E-state index in [0.29, 0.717) is 16.8 Å². The summed E-state index contributed by atoms with van der Waals surface area (Å²) in [5.41, 5.74) is 3.00. The van der Waals surface area contributed by atoms with E-state index in [0.717, 1.165) is 53.1 Å². The number of nitrogens with zero attached hydrogens (tertiary/aromatic N) is 3. The fourth-order valence-electron chi connectivity index (χ4n) is 4.79. The van der Waals surface area contributed by atoms with Crippen molar-refractivity contribution >= 4 is 16.7 Å². The minimum atomic E-state index is -4.38. The lowest BCUT2D eigenvalue weighted by Gasteiger charge is -2.36. The van der Waals surface area contributed by atoms with E-state index in [9.17, 15) is 13.2 Å². The summed E-state index contributed by atoms with van der Waals surface area (Å²) in [6.45, 7) is 5.68. The molecule has 1 saturated heterocycles. The molecule has 2 aromatic carbocycles. The molecule has 0 saturated carbocycles. The topological polar surface area (TPSA) is 47.5 Å². The lowest BCUT2D eigenvalue weighted by molar-refractivity contribution is -0.137. The number of ether oxygens (including phenoxy) is 2. The van der Waals surface area contributed by atoms with E-state index in [-0.39, 0.29) is 12.2 Å². The van der Waals surface area contributed by atoms with Crippen LogP contribution in [0.4, 0.5) is 19.0 Å². The number of halogens is 3. The van der Waals surface area contributed by atoms with Crippen molar-refractivity contribution in [2.24, 2.45) is 0 Å². The molecule has 186 valence electrons. The Bertz CT molecular complexity index is 1360. The van der Waals surface area contributed by atoms with Gasteiger partial charge in [0, 0.05) is 47.6 Å². The second-order valence-electron chi connectivity index (χ2n) is 9.05. The Kier molecular flexibility index (Phi) is 6.30. The van der Waals surface area contributed by atoms with Crippen LogP contribution >= 0.6 is 0 Å². The molecule has 8 heteroatoms. The number of pyridine rings is 2. The van der Waals surface area contributed by atoms with Crippen molar-refractivity contribution in [3.63, 3.8) is 0 Å². The highest BCUT2D eigenvalue weighted by Crippen LogP contribution is 2.39. The molecule has 0 bridgehead atoms. The zero-order valence-corrected chi connectivity index (χ0v) is 20.2. The Morgan fingerprint density at radius 1 is 0.861 bits per heavy atom. The highest BCUT2D eigenvalue weighted by molar-refractivity contribution is 6.00. The maximum atomic E-state index is 13.0. The molecular weight excluding hydrogens is 467 g/mol. The minimum Gasteiger partial charge on any atom is -0.495 e. The average Bonchev–Trinajstić information content (AvgIpc) is 2.86. The smallest absolute Gasteiger partial charge is 0.416 e. The third-order valence-electron chi connectivity index (χ3n) is 6.38. The van der Waals surface area contributed by atoms with E-state index in [1.165, 1.54) is 12.1 Å². The summed E-state index contributed by atoms with van der Waals surface area (Å²) in [6.07, 6.45) is -0.567. The largest absolute Gasteiger partial charge is 0.495 e. The maximum Gasteiger partial charge on any atom is 0.416 e. The Balaban J connectivity index is 1.51. The van der Waals surface area contributed by atoms with Crippen molar-refractivity contribution in [1.29, 1.82) is 0 Å². The summed E-state index contributed by atoms with van der Waals surface area (Å²) in [5, 5.41) is 0.771. The summed E-state index contributed by atoms with van der Waals surface area (Å²) < 4.78 is 50.6. The zero-order chi connectivity index (χ0) is 25.4. The van der Waals surface area contributed by atoms with Gasteiger partial charge in [0.2, 0.25) is 0 Å². The van der Waals surface area contributed by atoms with Gasteiger partial charge in [-0.1, -0.05) is 24.3 Å². The van der Waals surface area contributed by atoms with Crippen LogP contribution in [0.25, 0.3) is 33.2 Å². The van der Waals surface area contributed by atoms with Crippen LogP contribution in [-0.4, -0.2) is 42.4 Å². The number of alkyl halides is 3.